The first-order chi connectivity index (χ1) is 15.4. The number of non-ortho nitro benzene ring substituents is 1. The summed E-state index contributed by atoms with van der Waals surface area (Å²) in [6.07, 6.45) is -9.12. The van der Waals surface area contributed by atoms with Crippen LogP contribution in [0.25, 0.3) is 33.5 Å². The summed E-state index contributed by atoms with van der Waals surface area (Å²) in [6, 6.07) is 11.8. The van der Waals surface area contributed by atoms with Gasteiger partial charge in [-0.2, -0.15) is 26.3 Å². The number of hydrogen-bond donors (Lipinski definition) is 0. The Balaban J connectivity index is 1.92. The van der Waals surface area contributed by atoms with Crippen molar-refractivity contribution in [2.24, 2.45) is 0 Å². The number of aromatic nitrogens is 2. The maximum absolute atomic E-state index is 12.9. The van der Waals surface area contributed by atoms with Crippen molar-refractivity contribution in [3.8, 4) is 22.5 Å². The molecule has 33 heavy (non-hydrogen) atoms. The molecule has 168 valence electrons. The Morgan fingerprint density at radius 3 is 1.45 bits per heavy atom. The molecule has 0 aliphatic heterocycles. The smallest absolute Gasteiger partial charge is 0.258 e. The molecule has 0 aliphatic carbocycles. The molecule has 0 saturated heterocycles. The second-order valence-corrected chi connectivity index (χ2v) is 7.00. The predicted octanol–water partition coefficient (Wildman–Crippen LogP) is 6.91. The summed E-state index contributed by atoms with van der Waals surface area (Å²) in [5.74, 6) is 0. The average molecular weight is 463 g/mol. The van der Waals surface area contributed by atoms with Crippen molar-refractivity contribution < 1.29 is 31.3 Å². The second kappa shape index (κ2) is 7.84. The van der Waals surface area contributed by atoms with Crippen molar-refractivity contribution in [1.82, 2.24) is 9.97 Å². The van der Waals surface area contributed by atoms with Crippen LogP contribution in [0.15, 0.2) is 66.7 Å². The Morgan fingerprint density at radius 1 is 0.636 bits per heavy atom. The lowest BCUT2D eigenvalue weighted by atomic mass is 10.0. The van der Waals surface area contributed by atoms with Crippen LogP contribution in [0.3, 0.4) is 0 Å². The molecular formula is C22H11F6N3O2. The van der Waals surface area contributed by atoms with Crippen molar-refractivity contribution >= 4 is 16.7 Å². The first kappa shape index (κ1) is 22.2. The van der Waals surface area contributed by atoms with Gasteiger partial charge in [0.25, 0.3) is 5.69 Å². The van der Waals surface area contributed by atoms with Crippen LogP contribution in [0.1, 0.15) is 11.1 Å². The van der Waals surface area contributed by atoms with Gasteiger partial charge in [0.2, 0.25) is 0 Å². The van der Waals surface area contributed by atoms with Gasteiger partial charge < -0.3 is 0 Å². The molecule has 0 saturated carbocycles. The van der Waals surface area contributed by atoms with Gasteiger partial charge in [0.15, 0.2) is 0 Å². The first-order valence-electron chi connectivity index (χ1n) is 9.25. The van der Waals surface area contributed by atoms with Crippen LogP contribution in [-0.2, 0) is 12.4 Å². The zero-order valence-corrected chi connectivity index (χ0v) is 16.3. The Morgan fingerprint density at radius 2 is 1.06 bits per heavy atom. The highest BCUT2D eigenvalue weighted by Gasteiger charge is 2.31. The molecule has 0 spiro atoms. The molecule has 0 aliphatic rings. The van der Waals surface area contributed by atoms with Crippen molar-refractivity contribution in [3.05, 3.63) is 88.0 Å². The number of halogens is 6. The van der Waals surface area contributed by atoms with E-state index in [4.69, 9.17) is 0 Å². The normalized spacial score (nSPS) is 12.2. The van der Waals surface area contributed by atoms with Gasteiger partial charge in [0.1, 0.15) is 0 Å². The minimum atomic E-state index is -4.57. The molecule has 0 fully saturated rings. The fraction of sp³-hybridized carbons (Fsp3) is 0.0909. The van der Waals surface area contributed by atoms with Crippen molar-refractivity contribution in [3.63, 3.8) is 0 Å². The molecular weight excluding hydrogens is 452 g/mol. The largest absolute Gasteiger partial charge is 0.416 e. The van der Waals surface area contributed by atoms with E-state index in [-0.39, 0.29) is 39.2 Å². The van der Waals surface area contributed by atoms with Gasteiger partial charge >= 0.3 is 12.4 Å². The highest BCUT2D eigenvalue weighted by molar-refractivity contribution is 5.87. The number of fused-ring (bicyclic) bond motifs is 1. The third-order valence-corrected chi connectivity index (χ3v) is 4.83. The molecule has 4 aromatic rings. The Hall–Kier alpha value is -4.02. The maximum Gasteiger partial charge on any atom is 0.416 e. The quantitative estimate of drug-likeness (QED) is 0.188. The molecule has 0 amide bonds. The Kier molecular flexibility index (Phi) is 5.27. The van der Waals surface area contributed by atoms with Crippen molar-refractivity contribution in [2.75, 3.05) is 0 Å². The van der Waals surface area contributed by atoms with Crippen molar-refractivity contribution in [1.29, 1.82) is 0 Å². The predicted molar refractivity (Wildman–Crippen MR) is 107 cm³/mol. The zero-order valence-electron chi connectivity index (χ0n) is 16.3. The monoisotopic (exact) mass is 463 g/mol. The van der Waals surface area contributed by atoms with Gasteiger partial charge in [-0.25, -0.2) is 9.97 Å². The lowest BCUT2D eigenvalue weighted by Crippen LogP contribution is -2.05. The summed E-state index contributed by atoms with van der Waals surface area (Å²) in [4.78, 5) is 19.2. The van der Waals surface area contributed by atoms with E-state index in [9.17, 15) is 36.5 Å². The highest BCUT2D eigenvalue weighted by atomic mass is 19.4. The number of hydrogen-bond acceptors (Lipinski definition) is 4. The van der Waals surface area contributed by atoms with E-state index in [1.165, 1.54) is 24.3 Å². The SMILES string of the molecule is O=[N+]([O-])c1ccc2nc(-c3ccc(C(F)(F)F)cc3)c(-c3ccc(C(F)(F)F)cc3)nc2c1. The molecule has 1 aromatic heterocycles. The van der Waals surface area contributed by atoms with Crippen LogP contribution in [-0.4, -0.2) is 14.9 Å². The minimum Gasteiger partial charge on any atom is -0.258 e. The van der Waals surface area contributed by atoms with E-state index >= 15 is 0 Å². The van der Waals surface area contributed by atoms with E-state index in [0.29, 0.717) is 0 Å². The lowest BCUT2D eigenvalue weighted by Gasteiger charge is -2.13. The number of nitro benzene ring substituents is 1. The summed E-state index contributed by atoms with van der Waals surface area (Å²) >= 11 is 0. The lowest BCUT2D eigenvalue weighted by molar-refractivity contribution is -0.384. The van der Waals surface area contributed by atoms with Gasteiger partial charge in [-0.15, -0.1) is 0 Å². The van der Waals surface area contributed by atoms with Crippen LogP contribution in [0.2, 0.25) is 0 Å². The zero-order chi connectivity index (χ0) is 24.0. The number of nitro groups is 1. The van der Waals surface area contributed by atoms with Crippen molar-refractivity contribution in [2.45, 2.75) is 12.4 Å². The standard InChI is InChI=1S/C22H11F6N3O2/c23-21(24,25)14-5-1-12(2-6-14)19-20(13-3-7-15(8-4-13)22(26,27)28)30-18-11-16(31(32)33)9-10-17(18)29-19/h1-11H. The minimum absolute atomic E-state index is 0.0662. The van der Waals surface area contributed by atoms with E-state index in [2.05, 4.69) is 9.97 Å². The third kappa shape index (κ3) is 4.47. The summed E-state index contributed by atoms with van der Waals surface area (Å²) in [7, 11) is 0. The molecule has 3 aromatic carbocycles. The molecule has 11 heteroatoms. The van der Waals surface area contributed by atoms with E-state index in [1.807, 2.05) is 0 Å². The fourth-order valence-corrected chi connectivity index (χ4v) is 3.19. The van der Waals surface area contributed by atoms with E-state index < -0.39 is 28.4 Å². The Bertz CT molecular complexity index is 1350. The molecule has 0 atom stereocenters. The van der Waals surface area contributed by atoms with E-state index in [1.54, 1.807) is 0 Å². The van der Waals surface area contributed by atoms with Gasteiger partial charge in [-0.1, -0.05) is 24.3 Å². The second-order valence-electron chi connectivity index (χ2n) is 7.00. The van der Waals surface area contributed by atoms with Crippen LogP contribution in [0, 0.1) is 10.1 Å². The molecule has 0 unspecified atom stereocenters. The maximum atomic E-state index is 12.9. The van der Waals surface area contributed by atoms with Crippen LogP contribution in [0.4, 0.5) is 32.0 Å². The first-order valence-corrected chi connectivity index (χ1v) is 9.25. The number of rotatable bonds is 3. The summed E-state index contributed by atoms with van der Waals surface area (Å²) in [6.45, 7) is 0. The van der Waals surface area contributed by atoms with Gasteiger partial charge in [-0.05, 0) is 30.3 Å². The number of benzene rings is 3. The van der Waals surface area contributed by atoms with Gasteiger partial charge in [0.05, 0.1) is 38.5 Å². The average Bonchev–Trinajstić information content (AvgIpc) is 2.77. The van der Waals surface area contributed by atoms with Crippen LogP contribution >= 0.6 is 0 Å². The van der Waals surface area contributed by atoms with Gasteiger partial charge in [0, 0.05) is 23.3 Å². The Labute approximate surface area is 181 Å². The molecule has 0 N–H and O–H groups in total. The molecule has 4 rings (SSSR count). The molecule has 5 nitrogen and oxygen atoms in total. The highest BCUT2D eigenvalue weighted by Crippen LogP contribution is 2.36. The molecule has 0 bridgehead atoms. The topological polar surface area (TPSA) is 68.9 Å². The summed E-state index contributed by atoms with van der Waals surface area (Å²) in [5, 5.41) is 11.1. The third-order valence-electron chi connectivity index (χ3n) is 4.83. The number of nitrogens with zero attached hydrogens (tertiary/aromatic N) is 3. The van der Waals surface area contributed by atoms with Crippen LogP contribution < -0.4 is 0 Å². The van der Waals surface area contributed by atoms with Crippen LogP contribution in [0.5, 0.6) is 0 Å². The molecule has 0 radical (unpaired) electrons. The fourth-order valence-electron chi connectivity index (χ4n) is 3.19. The summed E-state index contributed by atoms with van der Waals surface area (Å²) in [5.41, 5.74) is -1.08. The molecule has 1 heterocycles. The number of alkyl halides is 6. The summed E-state index contributed by atoms with van der Waals surface area (Å²) < 4.78 is 77.6. The van der Waals surface area contributed by atoms with Gasteiger partial charge in [-0.3, -0.25) is 10.1 Å². The van der Waals surface area contributed by atoms with E-state index in [0.717, 1.165) is 42.5 Å².